The number of anilines is 1. The summed E-state index contributed by atoms with van der Waals surface area (Å²) in [6, 6.07) is 10.3. The molecule has 3 heterocycles. The van der Waals surface area contributed by atoms with Crippen LogP contribution < -0.4 is 10.2 Å². The van der Waals surface area contributed by atoms with E-state index in [-0.39, 0.29) is 23.2 Å². The summed E-state index contributed by atoms with van der Waals surface area (Å²) >= 11 is 0. The molecule has 0 unspecified atom stereocenters. The Morgan fingerprint density at radius 2 is 1.90 bits per heavy atom. The van der Waals surface area contributed by atoms with Crippen molar-refractivity contribution >= 4 is 11.6 Å². The third-order valence-electron chi connectivity index (χ3n) is 8.80. The minimum atomic E-state index is -4.55. The zero-order chi connectivity index (χ0) is 28.1. The largest absolute Gasteiger partial charge is 0.416 e. The summed E-state index contributed by atoms with van der Waals surface area (Å²) < 4.78 is 50.6. The van der Waals surface area contributed by atoms with Gasteiger partial charge in [0.2, 0.25) is 0 Å². The van der Waals surface area contributed by atoms with E-state index in [0.29, 0.717) is 37.2 Å². The second kappa shape index (κ2) is 9.99. The number of aryl methyl sites for hydroxylation is 1. The number of nitrogens with one attached hydrogen (secondary N) is 1. The number of fused-ring (bicyclic) bond motifs is 1. The SMILES string of the molecule is Cn1cnnc1C[C@]1(Cc2cccc(N3Cc4c(cc(CNC5(C)CCC5)cc4C(F)(F)F)C3=O)c2)CCCO1. The number of carbonyl (C=O) groups excluding carboxylic acids is 1. The maximum atomic E-state index is 14.2. The van der Waals surface area contributed by atoms with Gasteiger partial charge in [0.1, 0.15) is 12.2 Å². The second-order valence-corrected chi connectivity index (χ2v) is 11.8. The molecular weight excluding hydrogens is 519 g/mol. The van der Waals surface area contributed by atoms with Crippen LogP contribution >= 0.6 is 0 Å². The van der Waals surface area contributed by atoms with Crippen molar-refractivity contribution in [2.45, 2.75) is 82.3 Å². The number of hydrogen-bond donors (Lipinski definition) is 1. The molecule has 1 atom stereocenters. The predicted molar refractivity (Wildman–Crippen MR) is 144 cm³/mol. The van der Waals surface area contributed by atoms with Gasteiger partial charge in [-0.2, -0.15) is 13.2 Å². The van der Waals surface area contributed by atoms with Gasteiger partial charge in [-0.1, -0.05) is 12.1 Å². The maximum absolute atomic E-state index is 14.2. The van der Waals surface area contributed by atoms with Crippen molar-refractivity contribution in [2.75, 3.05) is 11.5 Å². The average molecular weight is 554 g/mol. The number of ether oxygens (including phenoxy) is 1. The second-order valence-electron chi connectivity index (χ2n) is 11.8. The lowest BCUT2D eigenvalue weighted by Crippen LogP contribution is -2.47. The minimum absolute atomic E-state index is 0.0411. The molecule has 2 aromatic carbocycles. The van der Waals surface area contributed by atoms with Crippen LogP contribution in [0.25, 0.3) is 0 Å². The Kier molecular flexibility index (Phi) is 6.73. The highest BCUT2D eigenvalue weighted by Gasteiger charge is 2.41. The molecule has 1 N–H and O–H groups in total. The van der Waals surface area contributed by atoms with E-state index in [1.54, 1.807) is 18.5 Å². The summed E-state index contributed by atoms with van der Waals surface area (Å²) in [6.07, 6.45) is 3.23. The number of carbonyl (C=O) groups is 1. The highest BCUT2D eigenvalue weighted by molar-refractivity contribution is 6.10. The summed E-state index contributed by atoms with van der Waals surface area (Å²) in [7, 11) is 1.90. The molecule has 7 nitrogen and oxygen atoms in total. The first-order valence-corrected chi connectivity index (χ1v) is 13.9. The Balaban J connectivity index is 1.26. The number of nitrogens with zero attached hydrogens (tertiary/aromatic N) is 4. The van der Waals surface area contributed by atoms with Crippen LogP contribution in [0, 0.1) is 0 Å². The number of aromatic nitrogens is 3. The molecule has 1 aromatic heterocycles. The Hall–Kier alpha value is -3.24. The average Bonchev–Trinajstić information content (AvgIpc) is 3.61. The first-order valence-electron chi connectivity index (χ1n) is 13.9. The van der Waals surface area contributed by atoms with Crippen LogP contribution in [0.1, 0.15) is 77.5 Å². The monoisotopic (exact) mass is 553 g/mol. The molecule has 40 heavy (non-hydrogen) atoms. The van der Waals surface area contributed by atoms with Crippen molar-refractivity contribution in [3.05, 3.63) is 76.4 Å². The molecule has 6 rings (SSSR count). The molecule has 1 saturated heterocycles. The molecule has 0 bridgehead atoms. The highest BCUT2D eigenvalue weighted by atomic mass is 19.4. The van der Waals surface area contributed by atoms with Crippen molar-refractivity contribution in [3.63, 3.8) is 0 Å². The van der Waals surface area contributed by atoms with Crippen LogP contribution in [0.3, 0.4) is 0 Å². The maximum Gasteiger partial charge on any atom is 0.416 e. The molecule has 1 amide bonds. The molecule has 3 aliphatic rings. The number of halogens is 3. The van der Waals surface area contributed by atoms with E-state index in [4.69, 9.17) is 4.74 Å². The molecule has 0 radical (unpaired) electrons. The normalized spacial score (nSPS) is 22.0. The van der Waals surface area contributed by atoms with E-state index in [1.165, 1.54) is 11.0 Å². The third kappa shape index (κ3) is 5.14. The van der Waals surface area contributed by atoms with Gasteiger partial charge in [-0.15, -0.1) is 10.2 Å². The number of amides is 1. The third-order valence-corrected chi connectivity index (χ3v) is 8.80. The van der Waals surface area contributed by atoms with Gasteiger partial charge in [-0.3, -0.25) is 4.79 Å². The fourth-order valence-corrected chi connectivity index (χ4v) is 6.29. The van der Waals surface area contributed by atoms with Gasteiger partial charge in [0.15, 0.2) is 0 Å². The lowest BCUT2D eigenvalue weighted by molar-refractivity contribution is -0.138. The van der Waals surface area contributed by atoms with Crippen molar-refractivity contribution < 1.29 is 22.7 Å². The van der Waals surface area contributed by atoms with E-state index in [0.717, 1.165) is 43.5 Å². The number of rotatable bonds is 8. The molecular formula is C30H34F3N5O2. The molecule has 1 aliphatic carbocycles. The predicted octanol–water partition coefficient (Wildman–Crippen LogP) is 5.36. The van der Waals surface area contributed by atoms with E-state index in [2.05, 4.69) is 22.4 Å². The van der Waals surface area contributed by atoms with Gasteiger partial charge in [-0.05, 0) is 80.0 Å². The number of benzene rings is 2. The summed E-state index contributed by atoms with van der Waals surface area (Å²) in [5.41, 5.74) is 0.969. The van der Waals surface area contributed by atoms with Crippen LogP contribution in [0.4, 0.5) is 18.9 Å². The van der Waals surface area contributed by atoms with Gasteiger partial charge >= 0.3 is 6.18 Å². The number of hydrogen-bond acceptors (Lipinski definition) is 5. The highest BCUT2D eigenvalue weighted by Crippen LogP contribution is 2.41. The van der Waals surface area contributed by atoms with E-state index in [9.17, 15) is 18.0 Å². The molecule has 212 valence electrons. The van der Waals surface area contributed by atoms with E-state index in [1.807, 2.05) is 29.8 Å². The molecule has 0 spiro atoms. The van der Waals surface area contributed by atoms with Crippen LogP contribution in [-0.4, -0.2) is 38.4 Å². The topological polar surface area (TPSA) is 72.3 Å². The summed E-state index contributed by atoms with van der Waals surface area (Å²) in [5.74, 6) is 0.430. The molecule has 3 aromatic rings. The standard InChI is InChI=1S/C30H34F3N5O2/c1-28(8-4-9-28)34-17-21-13-23-24(25(14-21)30(31,32)33)18-38(27(23)39)22-7-3-6-20(12-22)15-29(10-5-11-40-29)16-26-36-35-19-37(26)2/h3,6-7,12-14,19,34H,4-5,8-11,15-18H2,1-2H3/t29-/m1/s1. The van der Waals surface area contributed by atoms with Crippen molar-refractivity contribution in [2.24, 2.45) is 7.05 Å². The van der Waals surface area contributed by atoms with Gasteiger partial charge in [0.25, 0.3) is 5.91 Å². The lowest BCUT2D eigenvalue weighted by atomic mass is 9.78. The van der Waals surface area contributed by atoms with Crippen molar-refractivity contribution in [1.29, 1.82) is 0 Å². The van der Waals surface area contributed by atoms with Crippen LogP contribution in [0.15, 0.2) is 42.7 Å². The van der Waals surface area contributed by atoms with Gasteiger partial charge < -0.3 is 19.5 Å². The fraction of sp³-hybridized carbons (Fsp3) is 0.500. The van der Waals surface area contributed by atoms with Gasteiger partial charge in [0.05, 0.1) is 17.7 Å². The van der Waals surface area contributed by atoms with Crippen molar-refractivity contribution in [3.8, 4) is 0 Å². The first kappa shape index (κ1) is 27.0. The molecule has 10 heteroatoms. The smallest absolute Gasteiger partial charge is 0.374 e. The van der Waals surface area contributed by atoms with Crippen LogP contribution in [0.2, 0.25) is 0 Å². The zero-order valence-corrected chi connectivity index (χ0v) is 22.9. The minimum Gasteiger partial charge on any atom is -0.374 e. The summed E-state index contributed by atoms with van der Waals surface area (Å²) in [5, 5.41) is 11.6. The van der Waals surface area contributed by atoms with E-state index < -0.39 is 23.2 Å². The van der Waals surface area contributed by atoms with E-state index >= 15 is 0 Å². The van der Waals surface area contributed by atoms with Crippen LogP contribution in [-0.2, 0) is 43.9 Å². The Morgan fingerprint density at radius 3 is 2.55 bits per heavy atom. The Morgan fingerprint density at radius 1 is 1.07 bits per heavy atom. The zero-order valence-electron chi connectivity index (χ0n) is 22.9. The van der Waals surface area contributed by atoms with Crippen LogP contribution in [0.5, 0.6) is 0 Å². The van der Waals surface area contributed by atoms with Crippen molar-refractivity contribution in [1.82, 2.24) is 20.1 Å². The summed E-state index contributed by atoms with van der Waals surface area (Å²) in [6.45, 7) is 2.93. The quantitative estimate of drug-likeness (QED) is 0.407. The lowest BCUT2D eigenvalue weighted by Gasteiger charge is -2.39. The number of alkyl halides is 3. The first-order chi connectivity index (χ1) is 19.0. The molecule has 2 fully saturated rings. The Bertz CT molecular complexity index is 1420. The van der Waals surface area contributed by atoms with Gasteiger partial charge in [-0.25, -0.2) is 0 Å². The molecule has 1 saturated carbocycles. The summed E-state index contributed by atoms with van der Waals surface area (Å²) in [4.78, 5) is 15.0. The fourth-order valence-electron chi connectivity index (χ4n) is 6.29. The molecule has 2 aliphatic heterocycles. The van der Waals surface area contributed by atoms with Gasteiger partial charge in [0, 0.05) is 49.8 Å². The Labute approximate surface area is 231 Å².